The van der Waals surface area contributed by atoms with E-state index >= 15 is 0 Å². The number of likely N-dealkylation sites (N-methyl/N-ethyl adjacent to an activating group) is 2. The zero-order valence-electron chi connectivity index (χ0n) is 10.0. The molecule has 1 aliphatic carbocycles. The van der Waals surface area contributed by atoms with Crippen LogP contribution in [0, 0.1) is 0 Å². The van der Waals surface area contributed by atoms with E-state index in [0.29, 0.717) is 6.42 Å². The minimum atomic E-state index is -0.148. The predicted molar refractivity (Wildman–Crippen MR) is 59.8 cm³/mol. The maximum Gasteiger partial charge on any atom is 0.225 e. The first-order valence-corrected chi connectivity index (χ1v) is 5.57. The van der Waals surface area contributed by atoms with Gasteiger partial charge in [0.05, 0.1) is 12.0 Å². The van der Waals surface area contributed by atoms with Crippen molar-refractivity contribution in [3.63, 3.8) is 0 Å². The lowest BCUT2D eigenvalue weighted by molar-refractivity contribution is -0.142. The van der Waals surface area contributed by atoms with Gasteiger partial charge in [-0.25, -0.2) is 0 Å². The normalized spacial score (nSPS) is 18.3. The van der Waals surface area contributed by atoms with Crippen LogP contribution in [0.15, 0.2) is 0 Å². The van der Waals surface area contributed by atoms with Gasteiger partial charge in [-0.1, -0.05) is 0 Å². The number of hydrogen-bond donors (Lipinski definition) is 1. The summed E-state index contributed by atoms with van der Waals surface area (Å²) in [7, 11) is 5.45. The summed E-state index contributed by atoms with van der Waals surface area (Å²) in [5.41, 5.74) is -0.148. The summed E-state index contributed by atoms with van der Waals surface area (Å²) in [5.74, 6) is 0.187. The lowest BCUT2D eigenvalue weighted by Gasteiger charge is -2.40. The monoisotopic (exact) mass is 214 g/mol. The van der Waals surface area contributed by atoms with Crippen molar-refractivity contribution in [2.45, 2.75) is 31.3 Å². The molecular formula is C11H22N2O2. The topological polar surface area (TPSA) is 41.6 Å². The average molecular weight is 214 g/mol. The molecule has 0 aliphatic heterocycles. The van der Waals surface area contributed by atoms with Crippen LogP contribution in [0.3, 0.4) is 0 Å². The molecule has 0 aromatic carbocycles. The predicted octanol–water partition coefficient (Wildman–Crippen LogP) is 0.623. The summed E-state index contributed by atoms with van der Waals surface area (Å²) in [4.78, 5) is 13.6. The van der Waals surface area contributed by atoms with Gasteiger partial charge in [0.15, 0.2) is 0 Å². The number of nitrogens with one attached hydrogen (secondary N) is 1. The number of hydrogen-bond acceptors (Lipinski definition) is 3. The van der Waals surface area contributed by atoms with E-state index < -0.39 is 0 Å². The van der Waals surface area contributed by atoms with Crippen LogP contribution in [0.2, 0.25) is 0 Å². The first-order chi connectivity index (χ1) is 7.13. The van der Waals surface area contributed by atoms with Crippen LogP contribution in [-0.4, -0.2) is 50.7 Å². The average Bonchev–Trinajstić information content (AvgIpc) is 2.19. The van der Waals surface area contributed by atoms with Gasteiger partial charge in [-0.05, 0) is 26.3 Å². The third-order valence-corrected chi connectivity index (χ3v) is 3.29. The fourth-order valence-corrected chi connectivity index (χ4v) is 1.84. The van der Waals surface area contributed by atoms with Gasteiger partial charge in [0, 0.05) is 27.2 Å². The van der Waals surface area contributed by atoms with Crippen LogP contribution in [0.5, 0.6) is 0 Å². The standard InChI is InChI=1S/C11H22N2O2/c1-12-7-8-13(2)10(14)9-11(15-3)5-4-6-11/h12H,4-9H2,1-3H3. The largest absolute Gasteiger partial charge is 0.378 e. The Morgan fingerprint density at radius 3 is 2.60 bits per heavy atom. The molecule has 0 aromatic rings. The van der Waals surface area contributed by atoms with Gasteiger partial charge in [-0.3, -0.25) is 4.79 Å². The van der Waals surface area contributed by atoms with Crippen LogP contribution >= 0.6 is 0 Å². The van der Waals surface area contributed by atoms with Gasteiger partial charge >= 0.3 is 0 Å². The summed E-state index contributed by atoms with van der Waals surface area (Å²) in [6.07, 6.45) is 3.76. The Morgan fingerprint density at radius 2 is 2.20 bits per heavy atom. The van der Waals surface area contributed by atoms with Crippen molar-refractivity contribution < 1.29 is 9.53 Å². The van der Waals surface area contributed by atoms with Gasteiger partial charge in [0.1, 0.15) is 0 Å². The Morgan fingerprint density at radius 1 is 1.53 bits per heavy atom. The minimum Gasteiger partial charge on any atom is -0.378 e. The van der Waals surface area contributed by atoms with E-state index in [-0.39, 0.29) is 11.5 Å². The van der Waals surface area contributed by atoms with Crippen molar-refractivity contribution in [3.8, 4) is 0 Å². The minimum absolute atomic E-state index is 0.148. The van der Waals surface area contributed by atoms with Crippen molar-refractivity contribution in [1.82, 2.24) is 10.2 Å². The fraction of sp³-hybridized carbons (Fsp3) is 0.909. The number of nitrogens with zero attached hydrogens (tertiary/aromatic N) is 1. The van der Waals surface area contributed by atoms with E-state index in [1.165, 1.54) is 6.42 Å². The quantitative estimate of drug-likeness (QED) is 0.705. The third-order valence-electron chi connectivity index (χ3n) is 3.29. The molecule has 0 heterocycles. The number of amides is 1. The Kier molecular flexibility index (Phi) is 4.54. The second-order valence-corrected chi connectivity index (χ2v) is 4.34. The molecule has 1 rings (SSSR count). The Labute approximate surface area is 92.0 Å². The molecule has 1 fully saturated rings. The molecule has 1 saturated carbocycles. The highest BCUT2D eigenvalue weighted by molar-refractivity contribution is 5.77. The van der Waals surface area contributed by atoms with E-state index in [1.54, 1.807) is 12.0 Å². The molecule has 0 spiro atoms. The van der Waals surface area contributed by atoms with Crippen LogP contribution in [0.25, 0.3) is 0 Å². The maximum atomic E-state index is 11.8. The van der Waals surface area contributed by atoms with E-state index in [9.17, 15) is 4.79 Å². The third kappa shape index (κ3) is 3.18. The molecule has 0 saturated heterocycles. The van der Waals surface area contributed by atoms with E-state index in [0.717, 1.165) is 25.9 Å². The second-order valence-electron chi connectivity index (χ2n) is 4.34. The highest BCUT2D eigenvalue weighted by Crippen LogP contribution is 2.38. The Balaban J connectivity index is 2.33. The van der Waals surface area contributed by atoms with Crippen LogP contribution in [-0.2, 0) is 9.53 Å². The second kappa shape index (κ2) is 5.47. The molecule has 4 nitrogen and oxygen atoms in total. The van der Waals surface area contributed by atoms with E-state index in [1.807, 2.05) is 14.1 Å². The van der Waals surface area contributed by atoms with E-state index in [2.05, 4.69) is 5.32 Å². The number of methoxy groups -OCH3 is 1. The molecule has 4 heteroatoms. The molecular weight excluding hydrogens is 192 g/mol. The Hall–Kier alpha value is -0.610. The molecule has 1 aliphatic rings. The highest BCUT2D eigenvalue weighted by atomic mass is 16.5. The smallest absolute Gasteiger partial charge is 0.225 e. The summed E-state index contributed by atoms with van der Waals surface area (Å²) >= 11 is 0. The first kappa shape index (κ1) is 12.5. The molecule has 0 bridgehead atoms. The van der Waals surface area contributed by atoms with Crippen LogP contribution in [0.1, 0.15) is 25.7 Å². The number of carbonyl (C=O) groups excluding carboxylic acids is 1. The van der Waals surface area contributed by atoms with Crippen molar-refractivity contribution >= 4 is 5.91 Å². The Bertz CT molecular complexity index is 209. The molecule has 0 aromatic heterocycles. The molecule has 0 atom stereocenters. The molecule has 1 amide bonds. The first-order valence-electron chi connectivity index (χ1n) is 5.57. The van der Waals surface area contributed by atoms with Crippen LogP contribution < -0.4 is 5.32 Å². The summed E-state index contributed by atoms with van der Waals surface area (Å²) < 4.78 is 5.44. The molecule has 0 unspecified atom stereocenters. The SMILES string of the molecule is CNCCN(C)C(=O)CC1(OC)CCC1. The molecule has 88 valence electrons. The number of carbonyl (C=O) groups is 1. The van der Waals surface area contributed by atoms with Crippen molar-refractivity contribution in [2.75, 3.05) is 34.3 Å². The van der Waals surface area contributed by atoms with Crippen molar-refractivity contribution in [2.24, 2.45) is 0 Å². The summed E-state index contributed by atoms with van der Waals surface area (Å²) in [6.45, 7) is 1.59. The van der Waals surface area contributed by atoms with Gasteiger partial charge in [-0.2, -0.15) is 0 Å². The van der Waals surface area contributed by atoms with Crippen molar-refractivity contribution in [1.29, 1.82) is 0 Å². The van der Waals surface area contributed by atoms with Gasteiger partial charge in [-0.15, -0.1) is 0 Å². The summed E-state index contributed by atoms with van der Waals surface area (Å²) in [5, 5.41) is 3.03. The fourth-order valence-electron chi connectivity index (χ4n) is 1.84. The highest BCUT2D eigenvalue weighted by Gasteiger charge is 2.39. The molecule has 0 radical (unpaired) electrons. The lowest BCUT2D eigenvalue weighted by atomic mass is 9.77. The lowest BCUT2D eigenvalue weighted by Crippen LogP contribution is -2.45. The van der Waals surface area contributed by atoms with Gasteiger partial charge < -0.3 is 15.0 Å². The maximum absolute atomic E-state index is 11.8. The molecule has 15 heavy (non-hydrogen) atoms. The van der Waals surface area contributed by atoms with Crippen LogP contribution in [0.4, 0.5) is 0 Å². The summed E-state index contributed by atoms with van der Waals surface area (Å²) in [6, 6.07) is 0. The number of rotatable bonds is 6. The van der Waals surface area contributed by atoms with E-state index in [4.69, 9.17) is 4.74 Å². The molecule has 1 N–H and O–H groups in total. The number of ether oxygens (including phenoxy) is 1. The van der Waals surface area contributed by atoms with Gasteiger partial charge in [0.2, 0.25) is 5.91 Å². The zero-order valence-corrected chi connectivity index (χ0v) is 10.0. The van der Waals surface area contributed by atoms with Crippen molar-refractivity contribution in [3.05, 3.63) is 0 Å². The van der Waals surface area contributed by atoms with Gasteiger partial charge in [0.25, 0.3) is 0 Å². The zero-order chi connectivity index (χ0) is 11.3.